The number of carbonyl (C=O) groups is 2. The molecule has 0 bridgehead atoms. The van der Waals surface area contributed by atoms with Gasteiger partial charge in [0, 0.05) is 25.2 Å². The van der Waals surface area contributed by atoms with Crippen molar-refractivity contribution >= 4 is 11.8 Å². The van der Waals surface area contributed by atoms with Crippen molar-refractivity contribution in [2.24, 2.45) is 0 Å². The zero-order chi connectivity index (χ0) is 20.6. The lowest BCUT2D eigenvalue weighted by molar-refractivity contribution is -0.134. The SMILES string of the molecule is CCOc1ccc(OCC(=O)N2CCC(NC(=O)c3ccc(=O)[nH]n3)CC2)cc1. The van der Waals surface area contributed by atoms with Gasteiger partial charge in [0.15, 0.2) is 6.61 Å². The van der Waals surface area contributed by atoms with E-state index in [-0.39, 0.29) is 35.7 Å². The number of rotatable bonds is 7. The van der Waals surface area contributed by atoms with Crippen LogP contribution >= 0.6 is 0 Å². The van der Waals surface area contributed by atoms with Crippen LogP contribution in [0.25, 0.3) is 0 Å². The number of ether oxygens (including phenoxy) is 2. The van der Waals surface area contributed by atoms with Gasteiger partial charge in [0.2, 0.25) is 0 Å². The molecule has 9 nitrogen and oxygen atoms in total. The molecule has 1 fully saturated rings. The first kappa shape index (κ1) is 20.4. The van der Waals surface area contributed by atoms with Gasteiger partial charge in [0.05, 0.1) is 6.61 Å². The molecule has 0 saturated carbocycles. The van der Waals surface area contributed by atoms with Crippen molar-refractivity contribution in [3.05, 3.63) is 52.4 Å². The summed E-state index contributed by atoms with van der Waals surface area (Å²) < 4.78 is 10.9. The number of amides is 2. The number of likely N-dealkylation sites (tertiary alicyclic amines) is 1. The van der Waals surface area contributed by atoms with Crippen molar-refractivity contribution in [3.8, 4) is 11.5 Å². The summed E-state index contributed by atoms with van der Waals surface area (Å²) in [5.41, 5.74) is -0.201. The van der Waals surface area contributed by atoms with Crippen LogP contribution in [-0.2, 0) is 4.79 Å². The molecule has 2 amide bonds. The molecule has 9 heteroatoms. The van der Waals surface area contributed by atoms with Crippen LogP contribution in [0.3, 0.4) is 0 Å². The zero-order valence-electron chi connectivity index (χ0n) is 16.2. The number of H-pyrrole nitrogens is 1. The predicted octanol–water partition coefficient (Wildman–Crippen LogP) is 0.968. The van der Waals surface area contributed by atoms with E-state index in [1.807, 2.05) is 6.92 Å². The molecule has 0 radical (unpaired) electrons. The van der Waals surface area contributed by atoms with Crippen molar-refractivity contribution < 1.29 is 19.1 Å². The fourth-order valence-electron chi connectivity index (χ4n) is 3.04. The van der Waals surface area contributed by atoms with Crippen molar-refractivity contribution in [1.82, 2.24) is 20.4 Å². The number of aromatic amines is 1. The lowest BCUT2D eigenvalue weighted by Gasteiger charge is -2.32. The molecule has 1 saturated heterocycles. The molecule has 0 spiro atoms. The molecule has 3 rings (SSSR count). The Balaban J connectivity index is 1.41. The fraction of sp³-hybridized carbons (Fsp3) is 0.400. The van der Waals surface area contributed by atoms with Crippen LogP contribution in [0, 0.1) is 0 Å². The molecule has 1 aliphatic heterocycles. The third-order valence-electron chi connectivity index (χ3n) is 4.59. The maximum atomic E-state index is 12.4. The number of aromatic nitrogens is 2. The monoisotopic (exact) mass is 400 g/mol. The van der Waals surface area contributed by atoms with Crippen LogP contribution in [-0.4, -0.2) is 59.3 Å². The van der Waals surface area contributed by atoms with Crippen molar-refractivity contribution in [2.45, 2.75) is 25.8 Å². The number of hydrogen-bond donors (Lipinski definition) is 2. The minimum Gasteiger partial charge on any atom is -0.494 e. The topological polar surface area (TPSA) is 114 Å². The van der Waals surface area contributed by atoms with Gasteiger partial charge in [-0.25, -0.2) is 5.10 Å². The molecule has 1 aromatic heterocycles. The highest BCUT2D eigenvalue weighted by molar-refractivity contribution is 5.92. The average molecular weight is 400 g/mol. The summed E-state index contributed by atoms with van der Waals surface area (Å²) in [5, 5.41) is 8.84. The highest BCUT2D eigenvalue weighted by Crippen LogP contribution is 2.18. The van der Waals surface area contributed by atoms with Gasteiger partial charge >= 0.3 is 0 Å². The summed E-state index contributed by atoms with van der Waals surface area (Å²) in [6, 6.07) is 9.73. The summed E-state index contributed by atoms with van der Waals surface area (Å²) >= 11 is 0. The summed E-state index contributed by atoms with van der Waals surface area (Å²) in [4.78, 5) is 37.3. The second kappa shape index (κ2) is 9.72. The number of nitrogens with zero attached hydrogens (tertiary/aromatic N) is 2. The fourth-order valence-corrected chi connectivity index (χ4v) is 3.04. The van der Waals surface area contributed by atoms with Gasteiger partial charge in [-0.05, 0) is 50.1 Å². The Morgan fingerprint density at radius 3 is 2.34 bits per heavy atom. The molecule has 2 heterocycles. The van der Waals surface area contributed by atoms with Gasteiger partial charge in [-0.2, -0.15) is 5.10 Å². The Bertz CT molecular complexity index is 868. The van der Waals surface area contributed by atoms with Gasteiger partial charge in [0.25, 0.3) is 17.4 Å². The van der Waals surface area contributed by atoms with Crippen molar-refractivity contribution in [1.29, 1.82) is 0 Å². The zero-order valence-corrected chi connectivity index (χ0v) is 16.2. The van der Waals surface area contributed by atoms with E-state index in [0.29, 0.717) is 38.3 Å². The Morgan fingerprint density at radius 1 is 1.10 bits per heavy atom. The van der Waals surface area contributed by atoms with Crippen LogP contribution < -0.4 is 20.3 Å². The largest absolute Gasteiger partial charge is 0.494 e. The Hall–Kier alpha value is -3.36. The van der Waals surface area contributed by atoms with Crippen molar-refractivity contribution in [3.63, 3.8) is 0 Å². The first-order valence-corrected chi connectivity index (χ1v) is 9.55. The molecule has 2 N–H and O–H groups in total. The Morgan fingerprint density at radius 2 is 1.76 bits per heavy atom. The minimum atomic E-state index is -0.360. The lowest BCUT2D eigenvalue weighted by atomic mass is 10.0. The maximum Gasteiger partial charge on any atom is 0.271 e. The molecule has 1 aromatic carbocycles. The Kier molecular flexibility index (Phi) is 6.83. The molecule has 1 aliphatic rings. The van der Waals surface area contributed by atoms with Crippen LogP contribution in [0.1, 0.15) is 30.3 Å². The van der Waals surface area contributed by atoms with Gasteiger partial charge in [-0.15, -0.1) is 0 Å². The van der Waals surface area contributed by atoms with E-state index in [0.717, 1.165) is 5.75 Å². The molecular formula is C20H24N4O5. The summed E-state index contributed by atoms with van der Waals surface area (Å²) in [6.45, 7) is 3.55. The smallest absolute Gasteiger partial charge is 0.271 e. The first-order valence-electron chi connectivity index (χ1n) is 9.55. The van der Waals surface area contributed by atoms with Gasteiger partial charge < -0.3 is 19.7 Å². The van der Waals surface area contributed by atoms with Gasteiger partial charge in [0.1, 0.15) is 17.2 Å². The normalized spacial score (nSPS) is 14.3. The molecule has 154 valence electrons. The standard InChI is InChI=1S/C20H24N4O5/c1-2-28-15-3-5-16(6-4-15)29-13-19(26)24-11-9-14(10-12-24)21-20(27)17-7-8-18(25)23-22-17/h3-8,14H,2,9-13H2,1H3,(H,21,27)(H,23,25). The number of nitrogens with one attached hydrogen (secondary N) is 2. The number of carbonyl (C=O) groups excluding carboxylic acids is 2. The quantitative estimate of drug-likeness (QED) is 0.716. The molecule has 0 unspecified atom stereocenters. The second-order valence-electron chi connectivity index (χ2n) is 6.63. The van der Waals surface area contributed by atoms with Gasteiger partial charge in [-0.1, -0.05) is 0 Å². The summed E-state index contributed by atoms with van der Waals surface area (Å²) in [7, 11) is 0. The minimum absolute atomic E-state index is 0.0354. The average Bonchev–Trinajstić information content (AvgIpc) is 2.74. The Labute approximate surface area is 168 Å². The van der Waals surface area contributed by atoms with Crippen LogP contribution in [0.2, 0.25) is 0 Å². The van der Waals surface area contributed by atoms with E-state index in [2.05, 4.69) is 15.5 Å². The second-order valence-corrected chi connectivity index (χ2v) is 6.63. The van der Waals surface area contributed by atoms with Crippen molar-refractivity contribution in [2.75, 3.05) is 26.3 Å². The van der Waals surface area contributed by atoms with Gasteiger partial charge in [-0.3, -0.25) is 14.4 Å². The summed E-state index contributed by atoms with van der Waals surface area (Å²) in [5.74, 6) is 0.931. The van der Waals surface area contributed by atoms with E-state index >= 15 is 0 Å². The molecule has 2 aromatic rings. The van der Waals surface area contributed by atoms with E-state index in [4.69, 9.17) is 9.47 Å². The van der Waals surface area contributed by atoms with Crippen LogP contribution in [0.4, 0.5) is 0 Å². The van der Waals surface area contributed by atoms with E-state index in [1.165, 1.54) is 12.1 Å². The third kappa shape index (κ3) is 5.81. The highest BCUT2D eigenvalue weighted by atomic mass is 16.5. The van der Waals surface area contributed by atoms with E-state index in [9.17, 15) is 14.4 Å². The molecule has 0 atom stereocenters. The number of hydrogen-bond acceptors (Lipinski definition) is 6. The van der Waals surface area contributed by atoms with Crippen LogP contribution in [0.15, 0.2) is 41.2 Å². The van der Waals surface area contributed by atoms with E-state index < -0.39 is 0 Å². The van der Waals surface area contributed by atoms with E-state index in [1.54, 1.807) is 29.2 Å². The molecule has 0 aliphatic carbocycles. The highest BCUT2D eigenvalue weighted by Gasteiger charge is 2.24. The maximum absolute atomic E-state index is 12.4. The molecular weight excluding hydrogens is 376 g/mol. The first-order chi connectivity index (χ1) is 14.0. The predicted molar refractivity (Wildman–Crippen MR) is 105 cm³/mol. The third-order valence-corrected chi connectivity index (χ3v) is 4.59. The lowest BCUT2D eigenvalue weighted by Crippen LogP contribution is -2.47. The molecule has 29 heavy (non-hydrogen) atoms. The number of piperidine rings is 1. The number of benzene rings is 1. The summed E-state index contributed by atoms with van der Waals surface area (Å²) in [6.07, 6.45) is 1.29. The van der Waals surface area contributed by atoms with Crippen LogP contribution in [0.5, 0.6) is 11.5 Å².